The summed E-state index contributed by atoms with van der Waals surface area (Å²) < 4.78 is 10.2. The summed E-state index contributed by atoms with van der Waals surface area (Å²) in [5.41, 5.74) is 10.5. The van der Waals surface area contributed by atoms with Gasteiger partial charge in [-0.1, -0.05) is 36.4 Å². The molecule has 0 unspecified atom stereocenters. The second kappa shape index (κ2) is 11.7. The first-order chi connectivity index (χ1) is 21.2. The lowest BCUT2D eigenvalue weighted by Gasteiger charge is -2.31. The highest BCUT2D eigenvalue weighted by Crippen LogP contribution is 2.32. The van der Waals surface area contributed by atoms with Crippen LogP contribution in [0.4, 0.5) is 11.4 Å². The van der Waals surface area contributed by atoms with Crippen molar-refractivity contribution < 1.29 is 23.9 Å². The van der Waals surface area contributed by atoms with Crippen LogP contribution in [0, 0.1) is 0 Å². The summed E-state index contributed by atoms with van der Waals surface area (Å²) in [6, 6.07) is 12.5. The van der Waals surface area contributed by atoms with Gasteiger partial charge in [0.25, 0.3) is 16.8 Å². The van der Waals surface area contributed by atoms with E-state index >= 15 is 0 Å². The van der Waals surface area contributed by atoms with Crippen molar-refractivity contribution in [3.63, 3.8) is 0 Å². The van der Waals surface area contributed by atoms with E-state index in [0.29, 0.717) is 25.9 Å². The van der Waals surface area contributed by atoms with Crippen LogP contribution in [-0.4, -0.2) is 41.5 Å². The number of nitrogens with one attached hydrogen (secondary N) is 1. The standard InChI is InChI=1S/C32H29N5O7/c1-43-26(38)12-17-3-6-22-20(10-17)5-7-23(22)36-31(41)24-13-25(35-16-34-24)32(42)44-15-18-2-4-19-8-9-37(14-21(19)11-18)28-27(33)29(39)30(28)40/h2-4,6,10-11,13,16,23H,5,7-9,12,14-15,33H2,1H3,(H,36,41)/t23-/m0/s1. The number of aromatic nitrogens is 2. The van der Waals surface area contributed by atoms with Crippen molar-refractivity contribution in [1.82, 2.24) is 15.3 Å². The van der Waals surface area contributed by atoms with E-state index in [1.54, 1.807) is 4.90 Å². The van der Waals surface area contributed by atoms with Crippen molar-refractivity contribution in [3.05, 3.63) is 114 Å². The number of nitrogens with zero attached hydrogens (tertiary/aromatic N) is 3. The minimum atomic E-state index is -0.707. The number of fused-ring (bicyclic) bond motifs is 2. The number of carbonyl (C=O) groups excluding carboxylic acids is 3. The number of anilines is 2. The fraction of sp³-hybridized carbons (Fsp3) is 0.281. The number of ether oxygens (including phenoxy) is 2. The minimum Gasteiger partial charge on any atom is -0.469 e. The van der Waals surface area contributed by atoms with E-state index in [0.717, 1.165) is 46.1 Å². The Morgan fingerprint density at radius 3 is 2.52 bits per heavy atom. The third kappa shape index (κ3) is 5.53. The Bertz CT molecular complexity index is 1880. The number of carbonyl (C=O) groups is 3. The van der Waals surface area contributed by atoms with E-state index in [2.05, 4.69) is 15.3 Å². The normalized spacial score (nSPS) is 15.4. The zero-order chi connectivity index (χ0) is 31.0. The van der Waals surface area contributed by atoms with Crippen LogP contribution in [0.1, 0.15) is 66.8 Å². The molecule has 2 heterocycles. The van der Waals surface area contributed by atoms with Crippen LogP contribution in [0.15, 0.2) is 58.4 Å². The number of aryl methyl sites for hydroxylation is 1. The number of methoxy groups -OCH3 is 1. The van der Waals surface area contributed by atoms with Gasteiger partial charge < -0.3 is 25.4 Å². The lowest BCUT2D eigenvalue weighted by atomic mass is 9.96. The lowest BCUT2D eigenvalue weighted by molar-refractivity contribution is -0.139. The molecule has 3 N–H and O–H groups in total. The maximum Gasteiger partial charge on any atom is 0.357 e. The van der Waals surface area contributed by atoms with Crippen LogP contribution in [0.25, 0.3) is 0 Å². The average Bonchev–Trinajstić information content (AvgIpc) is 3.44. The Morgan fingerprint density at radius 1 is 0.955 bits per heavy atom. The third-order valence-electron chi connectivity index (χ3n) is 8.17. The first-order valence-corrected chi connectivity index (χ1v) is 14.1. The molecule has 2 aliphatic rings. The number of benzene rings is 2. The lowest BCUT2D eigenvalue weighted by Crippen LogP contribution is -2.44. The molecule has 3 aromatic carbocycles. The highest BCUT2D eigenvalue weighted by molar-refractivity contribution is 5.95. The van der Waals surface area contributed by atoms with Crippen LogP contribution < -0.4 is 26.8 Å². The second-order valence-corrected chi connectivity index (χ2v) is 10.9. The van der Waals surface area contributed by atoms with Gasteiger partial charge in [0.15, 0.2) is 5.69 Å². The molecule has 224 valence electrons. The summed E-state index contributed by atoms with van der Waals surface area (Å²) in [4.78, 5) is 70.9. The maximum atomic E-state index is 13.0. The zero-order valence-electron chi connectivity index (χ0n) is 23.9. The molecular weight excluding hydrogens is 566 g/mol. The molecule has 0 fully saturated rings. The molecular formula is C32H29N5O7. The molecule has 0 saturated heterocycles. The quantitative estimate of drug-likeness (QED) is 0.224. The summed E-state index contributed by atoms with van der Waals surface area (Å²) in [6.45, 7) is 0.957. The van der Waals surface area contributed by atoms with Crippen LogP contribution in [0.5, 0.6) is 0 Å². The van der Waals surface area contributed by atoms with Crippen molar-refractivity contribution >= 4 is 29.2 Å². The van der Waals surface area contributed by atoms with Gasteiger partial charge in [0.05, 0.1) is 19.6 Å². The molecule has 1 amide bonds. The summed E-state index contributed by atoms with van der Waals surface area (Å²) in [7, 11) is 1.35. The Balaban J connectivity index is 1.07. The highest BCUT2D eigenvalue weighted by atomic mass is 16.5. The van der Waals surface area contributed by atoms with Crippen molar-refractivity contribution in [1.29, 1.82) is 0 Å². The van der Waals surface area contributed by atoms with Gasteiger partial charge in [-0.3, -0.25) is 19.2 Å². The maximum absolute atomic E-state index is 13.0. The summed E-state index contributed by atoms with van der Waals surface area (Å²) in [5, 5.41) is 2.98. The van der Waals surface area contributed by atoms with Crippen molar-refractivity contribution in [2.45, 2.75) is 44.9 Å². The molecule has 0 bridgehead atoms. The molecule has 12 heteroatoms. The summed E-state index contributed by atoms with van der Waals surface area (Å²) >= 11 is 0. The largest absolute Gasteiger partial charge is 0.469 e. The van der Waals surface area contributed by atoms with Gasteiger partial charge in [-0.05, 0) is 52.6 Å². The van der Waals surface area contributed by atoms with Crippen molar-refractivity contribution in [2.75, 3.05) is 24.3 Å². The van der Waals surface area contributed by atoms with E-state index in [1.807, 2.05) is 36.4 Å². The molecule has 0 radical (unpaired) electrons. The first-order valence-electron chi connectivity index (χ1n) is 14.1. The number of rotatable bonds is 8. The van der Waals surface area contributed by atoms with E-state index < -0.39 is 22.7 Å². The van der Waals surface area contributed by atoms with Gasteiger partial charge in [0.1, 0.15) is 30.0 Å². The smallest absolute Gasteiger partial charge is 0.357 e. The number of amides is 1. The highest BCUT2D eigenvalue weighted by Gasteiger charge is 2.28. The Labute approximate surface area is 251 Å². The van der Waals surface area contributed by atoms with Gasteiger partial charge >= 0.3 is 11.9 Å². The summed E-state index contributed by atoms with van der Waals surface area (Å²) in [6.07, 6.45) is 3.46. The van der Waals surface area contributed by atoms with Crippen molar-refractivity contribution in [3.8, 4) is 0 Å². The van der Waals surface area contributed by atoms with Crippen LogP contribution >= 0.6 is 0 Å². The van der Waals surface area contributed by atoms with Crippen LogP contribution in [-0.2, 0) is 46.7 Å². The molecule has 1 atom stereocenters. The van der Waals surface area contributed by atoms with Gasteiger partial charge in [-0.25, -0.2) is 14.8 Å². The van der Waals surface area contributed by atoms with E-state index in [4.69, 9.17) is 15.2 Å². The topological polar surface area (TPSA) is 171 Å². The second-order valence-electron chi connectivity index (χ2n) is 10.9. The first kappa shape index (κ1) is 28.7. The number of esters is 2. The number of nitrogens with two attached hydrogens (primary N) is 1. The average molecular weight is 596 g/mol. The predicted molar refractivity (Wildman–Crippen MR) is 159 cm³/mol. The Hall–Kier alpha value is -5.39. The molecule has 0 saturated carbocycles. The van der Waals surface area contributed by atoms with Gasteiger partial charge in [-0.2, -0.15) is 0 Å². The fourth-order valence-corrected chi connectivity index (χ4v) is 5.82. The molecule has 1 aliphatic carbocycles. The molecule has 44 heavy (non-hydrogen) atoms. The van der Waals surface area contributed by atoms with E-state index in [9.17, 15) is 24.0 Å². The predicted octanol–water partition coefficient (Wildman–Crippen LogP) is 1.71. The van der Waals surface area contributed by atoms with Crippen molar-refractivity contribution in [2.24, 2.45) is 0 Å². The fourth-order valence-electron chi connectivity index (χ4n) is 5.82. The SMILES string of the molecule is COC(=O)Cc1ccc2c(c1)CC[C@@H]2NC(=O)c1cc(C(=O)OCc2ccc3c(c2)CN(c2c(N)c(=O)c2=O)CC3)ncn1. The van der Waals surface area contributed by atoms with Gasteiger partial charge in [0.2, 0.25) is 0 Å². The van der Waals surface area contributed by atoms with Gasteiger partial charge in [-0.15, -0.1) is 0 Å². The van der Waals surface area contributed by atoms with Crippen LogP contribution in [0.2, 0.25) is 0 Å². The molecule has 12 nitrogen and oxygen atoms in total. The van der Waals surface area contributed by atoms with Crippen LogP contribution in [0.3, 0.4) is 0 Å². The number of nitrogen functional groups attached to an aromatic ring is 1. The summed E-state index contributed by atoms with van der Waals surface area (Å²) in [5.74, 6) is -1.47. The zero-order valence-corrected chi connectivity index (χ0v) is 23.9. The molecule has 0 spiro atoms. The molecule has 4 aromatic rings. The van der Waals surface area contributed by atoms with E-state index in [1.165, 1.54) is 13.2 Å². The Kier molecular flexibility index (Phi) is 7.64. The molecule has 6 rings (SSSR count). The van der Waals surface area contributed by atoms with Gasteiger partial charge in [0, 0.05) is 19.2 Å². The number of hydrogen-bond acceptors (Lipinski definition) is 11. The monoisotopic (exact) mass is 595 g/mol. The van der Waals surface area contributed by atoms with E-state index in [-0.39, 0.29) is 47.8 Å². The number of hydrogen-bond donors (Lipinski definition) is 2. The minimum absolute atomic E-state index is 0.000506. The third-order valence-corrected chi connectivity index (χ3v) is 8.17. The molecule has 1 aliphatic heterocycles. The molecule has 1 aromatic heterocycles. The Morgan fingerprint density at radius 2 is 1.73 bits per heavy atom.